The molecule has 0 aromatic heterocycles. The summed E-state index contributed by atoms with van der Waals surface area (Å²) >= 11 is 0. The van der Waals surface area contributed by atoms with Crippen LogP contribution in [0.5, 0.6) is 0 Å². The zero-order valence-corrected chi connectivity index (χ0v) is 12.7. The second kappa shape index (κ2) is 7.23. The molecule has 3 nitrogen and oxygen atoms in total. The number of aliphatic hydroxyl groups is 1. The first-order valence-corrected chi connectivity index (χ1v) is 7.37. The Morgan fingerprint density at radius 1 is 1.38 bits per heavy atom. The quantitative estimate of drug-likeness (QED) is 0.680. The van der Waals surface area contributed by atoms with Gasteiger partial charge in [0.05, 0.1) is 19.3 Å². The third-order valence-electron chi connectivity index (χ3n) is 3.89. The Morgan fingerprint density at radius 3 is 2.81 bits per heavy atom. The maximum atomic E-state index is 11.9. The number of benzene rings is 1. The van der Waals surface area contributed by atoms with Gasteiger partial charge in [-0.15, -0.1) is 0 Å². The van der Waals surface area contributed by atoms with Gasteiger partial charge in [0.2, 0.25) is 0 Å². The zero-order valence-electron chi connectivity index (χ0n) is 12.7. The van der Waals surface area contributed by atoms with Crippen LogP contribution in [0, 0.1) is 6.92 Å². The van der Waals surface area contributed by atoms with Crippen molar-refractivity contribution in [3.05, 3.63) is 47.0 Å². The lowest BCUT2D eigenvalue weighted by atomic mass is 9.90. The predicted octanol–water partition coefficient (Wildman–Crippen LogP) is 3.50. The maximum Gasteiger partial charge on any atom is 0.338 e. The van der Waals surface area contributed by atoms with Crippen molar-refractivity contribution in [2.75, 3.05) is 13.7 Å². The van der Waals surface area contributed by atoms with Gasteiger partial charge < -0.3 is 9.84 Å². The Labute approximate surface area is 125 Å². The van der Waals surface area contributed by atoms with Crippen LogP contribution in [0.15, 0.2) is 30.4 Å². The number of aliphatic hydroxyl groups excluding tert-OH is 1. The third-order valence-corrected chi connectivity index (χ3v) is 3.89. The van der Waals surface area contributed by atoms with Crippen molar-refractivity contribution in [1.29, 1.82) is 0 Å². The molecule has 0 fully saturated rings. The number of hydrogen-bond donors (Lipinski definition) is 1. The Morgan fingerprint density at radius 2 is 2.19 bits per heavy atom. The summed E-state index contributed by atoms with van der Waals surface area (Å²) < 4.78 is 4.83. The van der Waals surface area contributed by atoms with Crippen LogP contribution in [0.3, 0.4) is 0 Å². The van der Waals surface area contributed by atoms with E-state index in [1.165, 1.54) is 31.6 Å². The van der Waals surface area contributed by atoms with Crippen LogP contribution in [-0.2, 0) is 9.53 Å². The number of carbonyl (C=O) groups is 1. The van der Waals surface area contributed by atoms with E-state index in [-0.39, 0.29) is 6.61 Å². The van der Waals surface area contributed by atoms with E-state index in [4.69, 9.17) is 9.84 Å². The summed E-state index contributed by atoms with van der Waals surface area (Å²) in [5, 5.41) is 9.16. The van der Waals surface area contributed by atoms with E-state index < -0.39 is 5.97 Å². The molecule has 2 rings (SSSR count). The summed E-state index contributed by atoms with van der Waals surface area (Å²) in [4.78, 5) is 11.9. The molecule has 112 valence electrons. The summed E-state index contributed by atoms with van der Waals surface area (Å²) in [5.74, 6) is -0.415. The number of esters is 1. The number of allylic oxidation sites excluding steroid dienone is 2. The first-order chi connectivity index (χ1) is 10.2. The highest BCUT2D eigenvalue weighted by molar-refractivity contribution is 6.17. The molecule has 0 spiro atoms. The van der Waals surface area contributed by atoms with Gasteiger partial charge in [0, 0.05) is 0 Å². The number of aryl methyl sites for hydroxylation is 1. The van der Waals surface area contributed by atoms with Crippen LogP contribution in [-0.4, -0.2) is 24.8 Å². The van der Waals surface area contributed by atoms with Crippen molar-refractivity contribution < 1.29 is 14.6 Å². The molecule has 1 N–H and O–H groups in total. The minimum absolute atomic E-state index is 0.184. The number of hydrogen-bond acceptors (Lipinski definition) is 3. The molecule has 1 aliphatic rings. The molecule has 0 aliphatic heterocycles. The lowest BCUT2D eigenvalue weighted by Gasteiger charge is -2.16. The molecular formula is C18H22O3. The minimum Gasteiger partial charge on any atom is -0.465 e. The third kappa shape index (κ3) is 3.61. The number of rotatable bonds is 4. The van der Waals surface area contributed by atoms with Gasteiger partial charge >= 0.3 is 5.97 Å². The van der Waals surface area contributed by atoms with Crippen LogP contribution < -0.4 is 0 Å². The van der Waals surface area contributed by atoms with E-state index in [1.807, 2.05) is 19.1 Å². The smallest absolute Gasteiger partial charge is 0.338 e. The molecule has 3 heteroatoms. The lowest BCUT2D eigenvalue weighted by molar-refractivity contribution is -0.133. The first-order valence-electron chi connectivity index (χ1n) is 7.37. The summed E-state index contributed by atoms with van der Waals surface area (Å²) in [5.41, 5.74) is 4.76. The van der Waals surface area contributed by atoms with Crippen molar-refractivity contribution in [1.82, 2.24) is 0 Å². The van der Waals surface area contributed by atoms with Crippen LogP contribution in [0.1, 0.15) is 42.4 Å². The standard InChI is InChI=1S/C18H22O3/c1-13-8-9-15(14-6-4-3-5-7-14)12-17(13)16(10-11-19)18(20)21-2/h6,8-10,12,19H,3-5,7,11H2,1-2H3/b16-10+. The molecule has 0 unspecified atom stereocenters. The Kier molecular flexibility index (Phi) is 5.34. The molecule has 0 atom stereocenters. The highest BCUT2D eigenvalue weighted by atomic mass is 16.5. The van der Waals surface area contributed by atoms with Crippen molar-refractivity contribution in [3.8, 4) is 0 Å². The van der Waals surface area contributed by atoms with E-state index in [0.717, 1.165) is 29.5 Å². The molecule has 1 aromatic rings. The average molecular weight is 286 g/mol. The van der Waals surface area contributed by atoms with Gasteiger partial charge in [-0.2, -0.15) is 0 Å². The van der Waals surface area contributed by atoms with Crippen molar-refractivity contribution in [2.24, 2.45) is 0 Å². The molecule has 0 bridgehead atoms. The van der Waals surface area contributed by atoms with E-state index in [2.05, 4.69) is 12.1 Å². The maximum absolute atomic E-state index is 11.9. The normalized spacial score (nSPS) is 15.6. The van der Waals surface area contributed by atoms with Crippen LogP contribution in [0.25, 0.3) is 11.1 Å². The fourth-order valence-corrected chi connectivity index (χ4v) is 2.72. The van der Waals surface area contributed by atoms with E-state index >= 15 is 0 Å². The Balaban J connectivity index is 2.45. The van der Waals surface area contributed by atoms with Gasteiger partial charge in [0.1, 0.15) is 0 Å². The second-order valence-corrected chi connectivity index (χ2v) is 5.30. The van der Waals surface area contributed by atoms with Crippen molar-refractivity contribution in [2.45, 2.75) is 32.6 Å². The zero-order chi connectivity index (χ0) is 15.2. The number of methoxy groups -OCH3 is 1. The number of carbonyl (C=O) groups excluding carboxylic acids is 1. The van der Waals surface area contributed by atoms with Gasteiger partial charge in [-0.05, 0) is 67.0 Å². The van der Waals surface area contributed by atoms with Gasteiger partial charge in [-0.1, -0.05) is 18.2 Å². The Hall–Kier alpha value is -1.87. The summed E-state index contributed by atoms with van der Waals surface area (Å²) in [6.07, 6.45) is 8.46. The number of ether oxygens (including phenoxy) is 1. The molecule has 0 heterocycles. The van der Waals surface area contributed by atoms with Crippen molar-refractivity contribution >= 4 is 17.1 Å². The lowest BCUT2D eigenvalue weighted by Crippen LogP contribution is -2.07. The van der Waals surface area contributed by atoms with Crippen LogP contribution in [0.2, 0.25) is 0 Å². The summed E-state index contributed by atoms with van der Waals surface area (Å²) in [6, 6.07) is 6.16. The molecule has 0 radical (unpaired) electrons. The molecule has 1 aliphatic carbocycles. The molecule has 0 saturated heterocycles. The van der Waals surface area contributed by atoms with E-state index in [9.17, 15) is 4.79 Å². The molecule has 21 heavy (non-hydrogen) atoms. The monoisotopic (exact) mass is 286 g/mol. The summed E-state index contributed by atoms with van der Waals surface area (Å²) in [7, 11) is 1.36. The average Bonchev–Trinajstić information content (AvgIpc) is 2.53. The fourth-order valence-electron chi connectivity index (χ4n) is 2.72. The first kappa shape index (κ1) is 15.5. The minimum atomic E-state index is -0.415. The molecule has 0 saturated carbocycles. The van der Waals surface area contributed by atoms with Gasteiger partial charge in [0.15, 0.2) is 0 Å². The largest absolute Gasteiger partial charge is 0.465 e. The summed E-state index contributed by atoms with van der Waals surface area (Å²) in [6.45, 7) is 1.78. The van der Waals surface area contributed by atoms with Gasteiger partial charge in [-0.25, -0.2) is 4.79 Å². The van der Waals surface area contributed by atoms with Crippen LogP contribution >= 0.6 is 0 Å². The van der Waals surface area contributed by atoms with Gasteiger partial charge in [0.25, 0.3) is 0 Å². The van der Waals surface area contributed by atoms with E-state index in [0.29, 0.717) is 5.57 Å². The highest BCUT2D eigenvalue weighted by Gasteiger charge is 2.16. The highest BCUT2D eigenvalue weighted by Crippen LogP contribution is 2.30. The van der Waals surface area contributed by atoms with Crippen molar-refractivity contribution in [3.63, 3.8) is 0 Å². The topological polar surface area (TPSA) is 46.5 Å². The van der Waals surface area contributed by atoms with Crippen LogP contribution in [0.4, 0.5) is 0 Å². The molecule has 0 amide bonds. The second-order valence-electron chi connectivity index (χ2n) is 5.30. The predicted molar refractivity (Wildman–Crippen MR) is 84.7 cm³/mol. The fraction of sp³-hybridized carbons (Fsp3) is 0.389. The Bertz CT molecular complexity index is 582. The molecular weight excluding hydrogens is 264 g/mol. The molecule has 1 aromatic carbocycles. The SMILES string of the molecule is COC(=O)/C(=C/CO)c1cc(C2=CCCCC2)ccc1C. The van der Waals surface area contributed by atoms with Gasteiger partial charge in [-0.3, -0.25) is 0 Å². The van der Waals surface area contributed by atoms with E-state index in [1.54, 1.807) is 0 Å².